The highest BCUT2D eigenvalue weighted by Crippen LogP contribution is 2.26. The van der Waals surface area contributed by atoms with Crippen LogP contribution in [0.25, 0.3) is 0 Å². The predicted molar refractivity (Wildman–Crippen MR) is 66.0 cm³/mol. The van der Waals surface area contributed by atoms with Crippen molar-refractivity contribution in [3.63, 3.8) is 0 Å². The van der Waals surface area contributed by atoms with Gasteiger partial charge in [-0.1, -0.05) is 6.92 Å². The van der Waals surface area contributed by atoms with E-state index >= 15 is 0 Å². The summed E-state index contributed by atoms with van der Waals surface area (Å²) in [4.78, 5) is 23.8. The smallest absolute Gasteiger partial charge is 0.328 e. The monoisotopic (exact) mass is 258 g/mol. The third-order valence-corrected chi connectivity index (χ3v) is 3.35. The van der Waals surface area contributed by atoms with E-state index in [2.05, 4.69) is 15.4 Å². The van der Waals surface area contributed by atoms with Crippen LogP contribution in [0.4, 0.5) is 0 Å². The van der Waals surface area contributed by atoms with Crippen LogP contribution >= 0.6 is 0 Å². The molecule has 0 aromatic heterocycles. The molecule has 2 N–H and O–H groups in total. The Morgan fingerprint density at radius 3 is 2.61 bits per heavy atom. The summed E-state index contributed by atoms with van der Waals surface area (Å²) >= 11 is 0. The Morgan fingerprint density at radius 2 is 2.17 bits per heavy atom. The van der Waals surface area contributed by atoms with Crippen molar-refractivity contribution in [3.05, 3.63) is 0 Å². The minimum Gasteiger partial charge on any atom is -0.467 e. The first kappa shape index (κ1) is 14.9. The Kier molecular flexibility index (Phi) is 5.55. The molecule has 2 unspecified atom stereocenters. The molecule has 0 aliphatic carbocycles. The Bertz CT molecular complexity index is 300. The molecule has 0 saturated carbocycles. The van der Waals surface area contributed by atoms with E-state index in [-0.39, 0.29) is 5.91 Å². The van der Waals surface area contributed by atoms with Gasteiger partial charge in [0.2, 0.25) is 5.91 Å². The molecule has 1 aliphatic rings. The van der Waals surface area contributed by atoms with Crippen molar-refractivity contribution >= 4 is 11.9 Å². The fourth-order valence-corrected chi connectivity index (χ4v) is 2.18. The van der Waals surface area contributed by atoms with E-state index in [1.165, 1.54) is 7.11 Å². The van der Waals surface area contributed by atoms with Crippen LogP contribution in [0, 0.1) is 5.41 Å². The summed E-state index contributed by atoms with van der Waals surface area (Å²) in [6.45, 7) is 3.54. The number of hydrogen-bond acceptors (Lipinski definition) is 5. The van der Waals surface area contributed by atoms with Crippen molar-refractivity contribution in [2.45, 2.75) is 25.8 Å². The standard InChI is InChI=1S/C12H22N2O4/c1-4-9(10(15)18-3)14-11(16)12(8-17-2)5-6-13-7-12/h9,13H,4-8H2,1-3H3,(H,14,16). The summed E-state index contributed by atoms with van der Waals surface area (Å²) in [6.07, 6.45) is 1.22. The van der Waals surface area contributed by atoms with Crippen molar-refractivity contribution in [3.8, 4) is 0 Å². The first-order chi connectivity index (χ1) is 8.59. The minimum atomic E-state index is -0.586. The van der Waals surface area contributed by atoms with Gasteiger partial charge in [-0.25, -0.2) is 4.79 Å². The molecule has 1 amide bonds. The number of carbonyl (C=O) groups is 2. The van der Waals surface area contributed by atoms with Gasteiger partial charge in [0.1, 0.15) is 6.04 Å². The quantitative estimate of drug-likeness (QED) is 0.639. The second kappa shape index (κ2) is 6.70. The molecule has 6 heteroatoms. The predicted octanol–water partition coefficient (Wildman–Crippen LogP) is -0.320. The number of hydrogen-bond donors (Lipinski definition) is 2. The molecule has 1 rings (SSSR count). The van der Waals surface area contributed by atoms with Crippen LogP contribution in [0.1, 0.15) is 19.8 Å². The number of methoxy groups -OCH3 is 2. The third kappa shape index (κ3) is 3.20. The minimum absolute atomic E-state index is 0.147. The molecule has 0 spiro atoms. The maximum atomic E-state index is 12.3. The van der Waals surface area contributed by atoms with Gasteiger partial charge in [-0.2, -0.15) is 0 Å². The first-order valence-corrected chi connectivity index (χ1v) is 6.18. The second-order valence-corrected chi connectivity index (χ2v) is 4.60. The normalized spacial score (nSPS) is 24.6. The molecule has 6 nitrogen and oxygen atoms in total. The van der Waals surface area contributed by atoms with Crippen molar-refractivity contribution in [1.29, 1.82) is 0 Å². The Labute approximate surface area is 107 Å². The van der Waals surface area contributed by atoms with Gasteiger partial charge in [-0.15, -0.1) is 0 Å². The van der Waals surface area contributed by atoms with Gasteiger partial charge >= 0.3 is 5.97 Å². The van der Waals surface area contributed by atoms with Gasteiger partial charge in [0, 0.05) is 13.7 Å². The molecule has 1 heterocycles. The number of esters is 1. The van der Waals surface area contributed by atoms with Crippen molar-refractivity contribution in [2.75, 3.05) is 33.9 Å². The topological polar surface area (TPSA) is 76.7 Å². The second-order valence-electron chi connectivity index (χ2n) is 4.60. The SMILES string of the molecule is CCC(NC(=O)C1(COC)CCNC1)C(=O)OC. The summed E-state index contributed by atoms with van der Waals surface area (Å²) in [5.74, 6) is -0.559. The van der Waals surface area contributed by atoms with E-state index in [1.807, 2.05) is 6.92 Å². The lowest BCUT2D eigenvalue weighted by atomic mass is 9.86. The zero-order valence-electron chi connectivity index (χ0n) is 11.2. The van der Waals surface area contributed by atoms with Gasteiger partial charge in [0.15, 0.2) is 0 Å². The summed E-state index contributed by atoms with van der Waals surface area (Å²) < 4.78 is 9.79. The molecule has 0 aromatic carbocycles. The number of amides is 1. The molecule has 18 heavy (non-hydrogen) atoms. The van der Waals surface area contributed by atoms with Crippen LogP contribution in [0.2, 0.25) is 0 Å². The maximum Gasteiger partial charge on any atom is 0.328 e. The molecular weight excluding hydrogens is 236 g/mol. The van der Waals surface area contributed by atoms with Crippen molar-refractivity contribution in [1.82, 2.24) is 10.6 Å². The van der Waals surface area contributed by atoms with E-state index in [4.69, 9.17) is 4.74 Å². The largest absolute Gasteiger partial charge is 0.467 e. The number of carbonyl (C=O) groups excluding carboxylic acids is 2. The Balaban J connectivity index is 2.69. The Morgan fingerprint density at radius 1 is 1.44 bits per heavy atom. The van der Waals surface area contributed by atoms with Crippen LogP contribution in [-0.2, 0) is 19.1 Å². The van der Waals surface area contributed by atoms with Gasteiger partial charge in [0.05, 0.1) is 19.1 Å². The summed E-state index contributed by atoms with van der Waals surface area (Å²) in [5, 5.41) is 5.91. The van der Waals surface area contributed by atoms with Gasteiger partial charge < -0.3 is 20.1 Å². The molecule has 104 valence electrons. The highest BCUT2D eigenvalue weighted by Gasteiger charge is 2.42. The molecule has 0 aromatic rings. The fraction of sp³-hybridized carbons (Fsp3) is 0.833. The number of ether oxygens (including phenoxy) is 2. The number of nitrogens with one attached hydrogen (secondary N) is 2. The van der Waals surface area contributed by atoms with Crippen molar-refractivity contribution < 1.29 is 19.1 Å². The van der Waals surface area contributed by atoms with Crippen LogP contribution in [-0.4, -0.2) is 51.8 Å². The summed E-state index contributed by atoms with van der Waals surface area (Å²) in [5.41, 5.74) is -0.573. The molecule has 1 aliphatic heterocycles. The molecular formula is C12H22N2O4. The van der Waals surface area contributed by atoms with E-state index in [1.54, 1.807) is 7.11 Å². The lowest BCUT2D eigenvalue weighted by Crippen LogP contribution is -2.51. The molecule has 1 fully saturated rings. The lowest BCUT2D eigenvalue weighted by molar-refractivity contribution is -0.147. The molecule has 1 saturated heterocycles. The van der Waals surface area contributed by atoms with Crippen LogP contribution in [0.15, 0.2) is 0 Å². The Hall–Kier alpha value is -1.14. The summed E-state index contributed by atoms with van der Waals surface area (Å²) in [7, 11) is 2.89. The third-order valence-electron chi connectivity index (χ3n) is 3.35. The van der Waals surface area contributed by atoms with E-state index in [0.717, 1.165) is 6.54 Å². The average molecular weight is 258 g/mol. The highest BCUT2D eigenvalue weighted by atomic mass is 16.5. The zero-order valence-corrected chi connectivity index (χ0v) is 11.2. The average Bonchev–Trinajstić information content (AvgIpc) is 2.85. The van der Waals surface area contributed by atoms with E-state index < -0.39 is 17.4 Å². The molecule has 0 radical (unpaired) electrons. The van der Waals surface area contributed by atoms with Crippen LogP contribution in [0.5, 0.6) is 0 Å². The zero-order chi connectivity index (χ0) is 13.6. The van der Waals surface area contributed by atoms with Crippen molar-refractivity contribution in [2.24, 2.45) is 5.41 Å². The first-order valence-electron chi connectivity index (χ1n) is 6.18. The van der Waals surface area contributed by atoms with Gasteiger partial charge in [0.25, 0.3) is 0 Å². The molecule has 0 bridgehead atoms. The number of rotatable bonds is 6. The van der Waals surface area contributed by atoms with Crippen LogP contribution < -0.4 is 10.6 Å². The fourth-order valence-electron chi connectivity index (χ4n) is 2.18. The highest BCUT2D eigenvalue weighted by molar-refractivity contribution is 5.88. The van der Waals surface area contributed by atoms with Gasteiger partial charge in [-0.3, -0.25) is 4.79 Å². The summed E-state index contributed by atoms with van der Waals surface area (Å²) in [6, 6.07) is -0.586. The van der Waals surface area contributed by atoms with E-state index in [0.29, 0.717) is 26.0 Å². The molecule has 2 atom stereocenters. The lowest BCUT2D eigenvalue weighted by Gasteiger charge is -2.28. The van der Waals surface area contributed by atoms with Gasteiger partial charge in [-0.05, 0) is 19.4 Å². The maximum absolute atomic E-state index is 12.3. The van der Waals surface area contributed by atoms with E-state index in [9.17, 15) is 9.59 Å². The van der Waals surface area contributed by atoms with Crippen LogP contribution in [0.3, 0.4) is 0 Å².